The molecule has 4 amide bonds. The fraction of sp³-hybridized carbons (Fsp3) is 0.268. The number of phenolic OH excluding ortho intramolecular Hbond substituents is 1. The van der Waals surface area contributed by atoms with Crippen LogP contribution in [0.3, 0.4) is 0 Å². The number of phenols is 1. The van der Waals surface area contributed by atoms with Crippen LogP contribution in [0.15, 0.2) is 125 Å². The Bertz CT molecular complexity index is 2130. The number of fused-ring (bicyclic) bond motifs is 4. The van der Waals surface area contributed by atoms with E-state index in [2.05, 4.69) is 10.2 Å². The van der Waals surface area contributed by atoms with Crippen molar-refractivity contribution < 1.29 is 24.3 Å². The Morgan fingerprint density at radius 3 is 1.96 bits per heavy atom. The number of azo groups is 1. The van der Waals surface area contributed by atoms with Gasteiger partial charge in [-0.1, -0.05) is 48.0 Å². The first-order valence-corrected chi connectivity index (χ1v) is 17.2. The van der Waals surface area contributed by atoms with E-state index in [0.29, 0.717) is 34.7 Å². The van der Waals surface area contributed by atoms with E-state index in [-0.39, 0.29) is 35.8 Å². The number of para-hydroxylation sites is 2. The monoisotopic (exact) mass is 679 g/mol. The summed E-state index contributed by atoms with van der Waals surface area (Å²) in [4.78, 5) is 61.7. The van der Waals surface area contributed by atoms with Crippen molar-refractivity contribution in [2.24, 2.45) is 39.3 Å². The number of carbonyl (C=O) groups excluding carboxylic acids is 4. The quantitative estimate of drug-likeness (QED) is 0.130. The van der Waals surface area contributed by atoms with Crippen molar-refractivity contribution >= 4 is 52.1 Å². The lowest BCUT2D eigenvalue weighted by atomic mass is 9.51. The number of nitrogens with zero attached hydrogens (tertiary/aromatic N) is 5. The van der Waals surface area contributed by atoms with Gasteiger partial charge in [0.15, 0.2) is 0 Å². The molecule has 10 heteroatoms. The van der Waals surface area contributed by atoms with Gasteiger partial charge in [0, 0.05) is 31.3 Å². The fourth-order valence-electron chi connectivity index (χ4n) is 8.77. The van der Waals surface area contributed by atoms with E-state index in [4.69, 9.17) is 0 Å². The zero-order valence-corrected chi connectivity index (χ0v) is 28.5. The van der Waals surface area contributed by atoms with Gasteiger partial charge in [-0.2, -0.15) is 10.2 Å². The molecule has 0 aromatic heterocycles. The molecule has 8 rings (SSSR count). The van der Waals surface area contributed by atoms with Crippen molar-refractivity contribution in [1.82, 2.24) is 0 Å². The standard InChI is InChI=1S/C41H37N5O5/c1-41-33(38(49)46(40(41)51)27-9-5-4-6-10-27)23-32-29(36(41)30-11-7-8-12-34(30)47)21-22-31-35(32)39(50)45(37(31)48)28-19-15-25(16-20-28)43-42-24-13-17-26(18-14-24)44(2)3/h4-21,31-33,35-36,47H,22-23H2,1-3H3. The van der Waals surface area contributed by atoms with Crippen molar-refractivity contribution in [3.05, 3.63) is 120 Å². The van der Waals surface area contributed by atoms with Crippen LogP contribution in [0.2, 0.25) is 0 Å². The Kier molecular flexibility index (Phi) is 7.70. The van der Waals surface area contributed by atoms with E-state index in [0.717, 1.165) is 11.3 Å². The van der Waals surface area contributed by atoms with Crippen LogP contribution in [-0.2, 0) is 19.2 Å². The number of benzene rings is 4. The van der Waals surface area contributed by atoms with Gasteiger partial charge in [-0.25, -0.2) is 4.90 Å². The molecule has 4 aromatic rings. The lowest BCUT2D eigenvalue weighted by molar-refractivity contribution is -0.131. The first-order chi connectivity index (χ1) is 24.6. The third kappa shape index (κ3) is 4.99. The Hall–Kier alpha value is -5.90. The summed E-state index contributed by atoms with van der Waals surface area (Å²) in [6.07, 6.45) is 2.53. The number of amides is 4. The summed E-state index contributed by atoms with van der Waals surface area (Å²) >= 11 is 0. The maximum absolute atomic E-state index is 14.5. The highest BCUT2D eigenvalue weighted by molar-refractivity contribution is 6.25. The van der Waals surface area contributed by atoms with E-state index < -0.39 is 35.0 Å². The Labute approximate surface area is 295 Å². The molecule has 0 bridgehead atoms. The average Bonchev–Trinajstić information content (AvgIpc) is 3.51. The Morgan fingerprint density at radius 1 is 0.706 bits per heavy atom. The Balaban J connectivity index is 1.12. The van der Waals surface area contributed by atoms with E-state index in [1.807, 2.05) is 62.3 Å². The molecule has 51 heavy (non-hydrogen) atoms. The van der Waals surface area contributed by atoms with Crippen LogP contribution in [0.1, 0.15) is 31.2 Å². The van der Waals surface area contributed by atoms with Crippen LogP contribution in [0.25, 0.3) is 0 Å². The van der Waals surface area contributed by atoms with Gasteiger partial charge >= 0.3 is 0 Å². The summed E-state index contributed by atoms with van der Waals surface area (Å²) < 4.78 is 0. The number of imide groups is 2. The van der Waals surface area contributed by atoms with E-state index >= 15 is 0 Å². The summed E-state index contributed by atoms with van der Waals surface area (Å²) in [5.41, 5.74) is 3.38. The van der Waals surface area contributed by atoms with Crippen LogP contribution in [-0.4, -0.2) is 42.8 Å². The molecule has 6 atom stereocenters. The summed E-state index contributed by atoms with van der Waals surface area (Å²) in [5.74, 6) is -4.51. The molecule has 2 aliphatic carbocycles. The lowest BCUT2D eigenvalue weighted by Crippen LogP contribution is -2.48. The van der Waals surface area contributed by atoms with Gasteiger partial charge in [0.05, 0.1) is 45.9 Å². The molecule has 2 saturated heterocycles. The van der Waals surface area contributed by atoms with Gasteiger partial charge in [0.2, 0.25) is 23.6 Å². The molecular weight excluding hydrogens is 642 g/mol. The highest BCUT2D eigenvalue weighted by Gasteiger charge is 2.68. The third-order valence-electron chi connectivity index (χ3n) is 11.3. The van der Waals surface area contributed by atoms with Crippen LogP contribution in [0, 0.1) is 29.1 Å². The van der Waals surface area contributed by atoms with E-state index in [9.17, 15) is 24.3 Å². The number of aromatic hydroxyl groups is 1. The number of anilines is 3. The largest absolute Gasteiger partial charge is 0.508 e. The lowest BCUT2D eigenvalue weighted by Gasteiger charge is -2.49. The third-order valence-corrected chi connectivity index (χ3v) is 11.3. The first-order valence-electron chi connectivity index (χ1n) is 17.2. The number of hydrogen-bond donors (Lipinski definition) is 1. The number of hydrogen-bond acceptors (Lipinski definition) is 8. The first kappa shape index (κ1) is 32.3. The molecule has 4 aliphatic rings. The van der Waals surface area contributed by atoms with E-state index in [1.54, 1.807) is 72.8 Å². The van der Waals surface area contributed by atoms with Gasteiger partial charge in [-0.15, -0.1) is 0 Å². The van der Waals surface area contributed by atoms with Gasteiger partial charge in [0.25, 0.3) is 0 Å². The zero-order chi connectivity index (χ0) is 35.6. The second kappa shape index (κ2) is 12.2. The van der Waals surface area contributed by atoms with Crippen LogP contribution in [0.4, 0.5) is 28.4 Å². The molecule has 2 aliphatic heterocycles. The molecule has 10 nitrogen and oxygen atoms in total. The second-order valence-electron chi connectivity index (χ2n) is 14.2. The minimum Gasteiger partial charge on any atom is -0.508 e. The average molecular weight is 680 g/mol. The summed E-state index contributed by atoms with van der Waals surface area (Å²) in [6, 6.07) is 30.3. The summed E-state index contributed by atoms with van der Waals surface area (Å²) in [6.45, 7) is 1.81. The molecule has 4 aromatic carbocycles. The van der Waals surface area contributed by atoms with Crippen LogP contribution >= 0.6 is 0 Å². The predicted octanol–water partition coefficient (Wildman–Crippen LogP) is 7.31. The number of rotatable bonds is 6. The minimum atomic E-state index is -1.22. The predicted molar refractivity (Wildman–Crippen MR) is 193 cm³/mol. The molecule has 0 radical (unpaired) electrons. The molecule has 0 spiro atoms. The van der Waals surface area contributed by atoms with Crippen molar-refractivity contribution in [2.75, 3.05) is 28.8 Å². The van der Waals surface area contributed by atoms with Crippen molar-refractivity contribution in [2.45, 2.75) is 25.7 Å². The van der Waals surface area contributed by atoms with Crippen molar-refractivity contribution in [3.8, 4) is 5.75 Å². The second-order valence-corrected chi connectivity index (χ2v) is 14.2. The van der Waals surface area contributed by atoms with Gasteiger partial charge < -0.3 is 10.0 Å². The maximum atomic E-state index is 14.5. The van der Waals surface area contributed by atoms with Gasteiger partial charge in [0.1, 0.15) is 5.75 Å². The van der Waals surface area contributed by atoms with E-state index in [1.165, 1.54) is 9.80 Å². The fourth-order valence-corrected chi connectivity index (χ4v) is 8.77. The van der Waals surface area contributed by atoms with Gasteiger partial charge in [-0.3, -0.25) is 24.1 Å². The molecule has 1 saturated carbocycles. The van der Waals surface area contributed by atoms with Gasteiger partial charge in [-0.05, 0) is 92.4 Å². The zero-order valence-electron chi connectivity index (χ0n) is 28.5. The van der Waals surface area contributed by atoms with Crippen LogP contribution < -0.4 is 14.7 Å². The SMILES string of the molecule is CN(C)c1ccc(N=Nc2ccc(N3C(=O)C4CC=C5C(CC6C(=O)N(c7ccccc7)C(=O)C6(C)C5c5ccccc5O)C4C3=O)cc2)cc1. The van der Waals surface area contributed by atoms with Crippen molar-refractivity contribution in [1.29, 1.82) is 0 Å². The Morgan fingerprint density at radius 2 is 1.31 bits per heavy atom. The van der Waals surface area contributed by atoms with Crippen LogP contribution in [0.5, 0.6) is 5.75 Å². The number of allylic oxidation sites excluding steroid dienone is 2. The molecule has 3 fully saturated rings. The normalized spacial score (nSPS) is 27.0. The minimum absolute atomic E-state index is 0.0165. The number of carbonyl (C=O) groups is 4. The van der Waals surface area contributed by atoms with Crippen molar-refractivity contribution in [3.63, 3.8) is 0 Å². The molecule has 6 unspecified atom stereocenters. The maximum Gasteiger partial charge on any atom is 0.241 e. The topological polar surface area (TPSA) is 123 Å². The summed E-state index contributed by atoms with van der Waals surface area (Å²) in [5, 5.41) is 19.8. The summed E-state index contributed by atoms with van der Waals surface area (Å²) in [7, 11) is 3.93. The molecular formula is C41H37N5O5. The molecule has 256 valence electrons. The highest BCUT2D eigenvalue weighted by atomic mass is 16.3. The molecule has 2 heterocycles. The highest BCUT2D eigenvalue weighted by Crippen LogP contribution is 2.64. The smallest absolute Gasteiger partial charge is 0.241 e. The molecule has 1 N–H and O–H groups in total.